The quantitative estimate of drug-likeness (QED) is 0.601. The minimum atomic E-state index is -4.03. The molecule has 0 saturated heterocycles. The summed E-state index contributed by atoms with van der Waals surface area (Å²) in [6.45, 7) is 0. The molecule has 1 aromatic heterocycles. The highest BCUT2D eigenvalue weighted by atomic mass is 79.9. The molecule has 1 heterocycles. The molecule has 0 fully saturated rings. The highest BCUT2D eigenvalue weighted by molar-refractivity contribution is 9.10. The minimum Gasteiger partial charge on any atom is -0.465 e. The summed E-state index contributed by atoms with van der Waals surface area (Å²) in [7, 11) is 2.55. The van der Waals surface area contributed by atoms with Gasteiger partial charge in [-0.2, -0.15) is 0 Å². The summed E-state index contributed by atoms with van der Waals surface area (Å²) in [5.41, 5.74) is 0. The van der Waals surface area contributed by atoms with E-state index in [1.807, 2.05) is 0 Å². The third kappa shape index (κ3) is 2.40. The van der Waals surface area contributed by atoms with Gasteiger partial charge in [0.25, 0.3) is 9.05 Å². The molecule has 18 heavy (non-hydrogen) atoms. The van der Waals surface area contributed by atoms with Crippen molar-refractivity contribution in [3.05, 3.63) is 27.5 Å². The Labute approximate surface area is 120 Å². The van der Waals surface area contributed by atoms with Crippen molar-refractivity contribution in [3.63, 3.8) is 0 Å². The van der Waals surface area contributed by atoms with Crippen LogP contribution >= 0.6 is 37.9 Å². The van der Waals surface area contributed by atoms with Gasteiger partial charge in [-0.3, -0.25) is 0 Å². The molecular formula is C10H6BrClO4S2. The zero-order valence-electron chi connectivity index (χ0n) is 8.94. The Kier molecular flexibility index (Phi) is 3.68. The van der Waals surface area contributed by atoms with Crippen LogP contribution in [0.5, 0.6) is 0 Å². The van der Waals surface area contributed by atoms with Crippen molar-refractivity contribution in [3.8, 4) is 0 Å². The molecule has 0 aliphatic carbocycles. The van der Waals surface area contributed by atoms with Crippen molar-refractivity contribution >= 4 is 63.1 Å². The highest BCUT2D eigenvalue weighted by Crippen LogP contribution is 2.38. The van der Waals surface area contributed by atoms with Crippen molar-refractivity contribution in [1.82, 2.24) is 0 Å². The number of thiophene rings is 1. The first-order chi connectivity index (χ1) is 8.34. The molecule has 2 rings (SSSR count). The zero-order chi connectivity index (χ0) is 13.5. The number of fused-ring (bicyclic) bond motifs is 1. The smallest absolute Gasteiger partial charge is 0.349 e. The predicted octanol–water partition coefficient (Wildman–Crippen LogP) is 3.38. The summed E-state index contributed by atoms with van der Waals surface area (Å²) in [5.74, 6) is -0.716. The van der Waals surface area contributed by atoms with E-state index in [4.69, 9.17) is 10.7 Å². The van der Waals surface area contributed by atoms with Crippen LogP contribution in [0.25, 0.3) is 10.1 Å². The van der Waals surface area contributed by atoms with Gasteiger partial charge in [-0.25, -0.2) is 13.2 Å². The van der Waals surface area contributed by atoms with Crippen LogP contribution in [-0.2, 0) is 13.8 Å². The second-order valence-electron chi connectivity index (χ2n) is 3.33. The van der Waals surface area contributed by atoms with E-state index in [0.29, 0.717) is 14.6 Å². The van der Waals surface area contributed by atoms with E-state index in [1.165, 1.54) is 7.11 Å². The Hall–Kier alpha value is -0.630. The lowest BCUT2D eigenvalue weighted by molar-refractivity contribution is 0.0602. The molecule has 0 unspecified atom stereocenters. The predicted molar refractivity (Wildman–Crippen MR) is 73.9 cm³/mol. The summed E-state index contributed by atoms with van der Waals surface area (Å²) in [6, 6.07) is 5.07. The molecule has 0 N–H and O–H groups in total. The van der Waals surface area contributed by atoms with E-state index in [2.05, 4.69) is 20.7 Å². The number of carbonyl (C=O) groups excluding carboxylic acids is 1. The molecule has 0 aliphatic heterocycles. The summed E-state index contributed by atoms with van der Waals surface area (Å²) in [4.78, 5) is 11.4. The Morgan fingerprint density at radius 2 is 2.11 bits per heavy atom. The second-order valence-corrected chi connectivity index (χ2v) is 7.80. The number of carbonyl (C=O) groups is 1. The number of halogens is 2. The standard InChI is InChI=1S/C10H6BrClO4S2/c1-16-10(13)8-9(18(12,14)15)6-4-5(11)2-3-7(6)17-8/h2-4H,1H3. The SMILES string of the molecule is COC(=O)c1sc2ccc(Br)cc2c1S(=O)(=O)Cl. The van der Waals surface area contributed by atoms with E-state index < -0.39 is 15.0 Å². The van der Waals surface area contributed by atoms with Crippen molar-refractivity contribution < 1.29 is 17.9 Å². The fourth-order valence-corrected chi connectivity index (χ4v) is 4.75. The second kappa shape index (κ2) is 4.80. The van der Waals surface area contributed by atoms with E-state index in [1.54, 1.807) is 18.2 Å². The molecule has 2 aromatic rings. The fourth-order valence-electron chi connectivity index (χ4n) is 1.52. The first-order valence-corrected chi connectivity index (χ1v) is 8.51. The van der Waals surface area contributed by atoms with Gasteiger partial charge in [-0.1, -0.05) is 15.9 Å². The van der Waals surface area contributed by atoms with E-state index >= 15 is 0 Å². The topological polar surface area (TPSA) is 60.4 Å². The van der Waals surface area contributed by atoms with Crippen molar-refractivity contribution in [2.75, 3.05) is 7.11 Å². The highest BCUT2D eigenvalue weighted by Gasteiger charge is 2.27. The zero-order valence-corrected chi connectivity index (χ0v) is 12.9. The Morgan fingerprint density at radius 3 is 2.67 bits per heavy atom. The molecule has 0 bridgehead atoms. The summed E-state index contributed by atoms with van der Waals surface area (Å²) in [5, 5.41) is 0.407. The minimum absolute atomic E-state index is 0.0133. The van der Waals surface area contributed by atoms with Crippen LogP contribution in [0.15, 0.2) is 27.6 Å². The van der Waals surface area contributed by atoms with Gasteiger partial charge in [0.05, 0.1) is 7.11 Å². The van der Waals surface area contributed by atoms with Gasteiger partial charge in [-0.15, -0.1) is 11.3 Å². The van der Waals surface area contributed by atoms with Gasteiger partial charge in [0.1, 0.15) is 9.77 Å². The molecule has 4 nitrogen and oxygen atoms in total. The van der Waals surface area contributed by atoms with E-state index in [-0.39, 0.29) is 9.77 Å². The molecule has 96 valence electrons. The number of methoxy groups -OCH3 is 1. The Bertz CT molecular complexity index is 736. The molecule has 0 amide bonds. The van der Waals surface area contributed by atoms with E-state index in [0.717, 1.165) is 11.3 Å². The maximum absolute atomic E-state index is 11.6. The third-order valence-electron chi connectivity index (χ3n) is 2.22. The van der Waals surface area contributed by atoms with Crippen LogP contribution in [0.3, 0.4) is 0 Å². The molecule has 0 aliphatic rings. The number of benzene rings is 1. The number of ether oxygens (including phenoxy) is 1. The fraction of sp³-hybridized carbons (Fsp3) is 0.100. The van der Waals surface area contributed by atoms with Crippen LogP contribution in [0, 0.1) is 0 Å². The number of hydrogen-bond donors (Lipinski definition) is 0. The van der Waals surface area contributed by atoms with Crippen LogP contribution in [0.2, 0.25) is 0 Å². The molecular weight excluding hydrogens is 364 g/mol. The van der Waals surface area contributed by atoms with Gasteiger partial charge in [0.15, 0.2) is 0 Å². The van der Waals surface area contributed by atoms with Crippen molar-refractivity contribution in [2.24, 2.45) is 0 Å². The molecule has 0 radical (unpaired) electrons. The van der Waals surface area contributed by atoms with Crippen LogP contribution in [0.4, 0.5) is 0 Å². The van der Waals surface area contributed by atoms with Crippen molar-refractivity contribution in [2.45, 2.75) is 4.90 Å². The molecule has 8 heteroatoms. The first-order valence-electron chi connectivity index (χ1n) is 4.59. The molecule has 1 aromatic carbocycles. The maximum atomic E-state index is 11.6. The monoisotopic (exact) mass is 368 g/mol. The van der Waals surface area contributed by atoms with Crippen LogP contribution < -0.4 is 0 Å². The number of rotatable bonds is 2. The Balaban J connectivity index is 2.91. The lowest BCUT2D eigenvalue weighted by Gasteiger charge is -1.99. The Morgan fingerprint density at radius 1 is 1.44 bits per heavy atom. The molecule has 0 atom stereocenters. The normalized spacial score (nSPS) is 11.7. The van der Waals surface area contributed by atoms with E-state index in [9.17, 15) is 13.2 Å². The lowest BCUT2D eigenvalue weighted by Crippen LogP contribution is -2.03. The number of hydrogen-bond acceptors (Lipinski definition) is 5. The molecule has 0 spiro atoms. The molecule has 0 saturated carbocycles. The van der Waals surface area contributed by atoms with Crippen LogP contribution in [0.1, 0.15) is 9.67 Å². The number of esters is 1. The van der Waals surface area contributed by atoms with Crippen molar-refractivity contribution in [1.29, 1.82) is 0 Å². The van der Waals surface area contributed by atoms with Gasteiger partial charge < -0.3 is 4.74 Å². The first kappa shape index (κ1) is 13.8. The maximum Gasteiger partial charge on any atom is 0.349 e. The van der Waals surface area contributed by atoms with Gasteiger partial charge in [0, 0.05) is 25.2 Å². The van der Waals surface area contributed by atoms with Crippen LogP contribution in [-0.4, -0.2) is 21.5 Å². The largest absolute Gasteiger partial charge is 0.465 e. The lowest BCUT2D eigenvalue weighted by atomic mass is 10.2. The summed E-state index contributed by atoms with van der Waals surface area (Å²) >= 11 is 4.28. The third-order valence-corrected chi connectivity index (χ3v) is 5.37. The van der Waals surface area contributed by atoms with Gasteiger partial charge >= 0.3 is 5.97 Å². The summed E-state index contributed by atoms with van der Waals surface area (Å²) in [6.07, 6.45) is 0. The average Bonchev–Trinajstić information content (AvgIpc) is 2.65. The summed E-state index contributed by atoms with van der Waals surface area (Å²) < 4.78 is 29.1. The van der Waals surface area contributed by atoms with Gasteiger partial charge in [0.2, 0.25) is 0 Å². The van der Waals surface area contributed by atoms with Gasteiger partial charge in [-0.05, 0) is 18.2 Å². The average molecular weight is 370 g/mol.